The zero-order valence-electron chi connectivity index (χ0n) is 9.43. The van der Waals surface area contributed by atoms with Crippen molar-refractivity contribution in [3.8, 4) is 17.6 Å². The van der Waals surface area contributed by atoms with Crippen LogP contribution in [0.2, 0.25) is 0 Å². The summed E-state index contributed by atoms with van der Waals surface area (Å²) in [5.41, 5.74) is 0.799. The van der Waals surface area contributed by atoms with Gasteiger partial charge < -0.3 is 4.74 Å². The highest BCUT2D eigenvalue weighted by atomic mass is 32.2. The highest BCUT2D eigenvalue weighted by molar-refractivity contribution is 7.87. The second kappa shape index (κ2) is 6.25. The third-order valence-corrected chi connectivity index (χ3v) is 2.44. The molecule has 0 aliphatic heterocycles. The number of benzene rings is 1. The summed E-state index contributed by atoms with van der Waals surface area (Å²) in [5, 5.41) is 4.82. The van der Waals surface area contributed by atoms with E-state index >= 15 is 0 Å². The van der Waals surface area contributed by atoms with E-state index < -0.39 is 10.2 Å². The number of ether oxygens (including phenoxy) is 1. The molecule has 0 heterocycles. The highest BCUT2D eigenvalue weighted by Crippen LogP contribution is 2.11. The van der Waals surface area contributed by atoms with Crippen molar-refractivity contribution in [3.05, 3.63) is 29.8 Å². The predicted molar refractivity (Wildman–Crippen MR) is 65.3 cm³/mol. The Bertz CT molecular complexity index is 512. The van der Waals surface area contributed by atoms with Crippen molar-refractivity contribution in [2.24, 2.45) is 5.14 Å². The summed E-state index contributed by atoms with van der Waals surface area (Å²) in [6, 6.07) is 7.01. The molecule has 1 aromatic rings. The smallest absolute Gasteiger partial charge is 0.274 e. The van der Waals surface area contributed by atoms with E-state index in [0.717, 1.165) is 5.56 Å². The molecule has 0 spiro atoms. The third-order valence-electron chi connectivity index (χ3n) is 1.89. The van der Waals surface area contributed by atoms with Crippen LogP contribution in [-0.4, -0.2) is 15.0 Å². The van der Waals surface area contributed by atoms with Crippen molar-refractivity contribution in [2.45, 2.75) is 13.5 Å². The molecule has 0 saturated carbocycles. The molecule has 0 saturated heterocycles. The van der Waals surface area contributed by atoms with Crippen LogP contribution in [0.25, 0.3) is 0 Å². The van der Waals surface area contributed by atoms with Gasteiger partial charge in [0.05, 0.1) is 0 Å². The largest absolute Gasteiger partial charge is 0.481 e. The summed E-state index contributed by atoms with van der Waals surface area (Å²) in [6.07, 6.45) is 0. The lowest BCUT2D eigenvalue weighted by Gasteiger charge is -2.05. The van der Waals surface area contributed by atoms with E-state index in [2.05, 4.69) is 16.6 Å². The van der Waals surface area contributed by atoms with E-state index in [1.54, 1.807) is 31.2 Å². The third kappa shape index (κ3) is 5.92. The predicted octanol–water partition coefficient (Wildman–Crippen LogP) is 0.382. The molecule has 0 aromatic heterocycles. The molecule has 1 aromatic carbocycles. The van der Waals surface area contributed by atoms with Crippen molar-refractivity contribution in [3.63, 3.8) is 0 Å². The van der Waals surface area contributed by atoms with Crippen LogP contribution in [0.15, 0.2) is 24.3 Å². The molecule has 0 bridgehead atoms. The van der Waals surface area contributed by atoms with Crippen LogP contribution >= 0.6 is 0 Å². The normalized spacial score (nSPS) is 10.5. The van der Waals surface area contributed by atoms with Crippen molar-refractivity contribution in [2.75, 3.05) is 6.61 Å². The fourth-order valence-corrected chi connectivity index (χ4v) is 1.45. The van der Waals surface area contributed by atoms with Gasteiger partial charge in [-0.3, -0.25) is 0 Å². The Hall–Kier alpha value is -1.55. The molecule has 0 atom stereocenters. The zero-order valence-corrected chi connectivity index (χ0v) is 10.3. The summed E-state index contributed by atoms with van der Waals surface area (Å²) >= 11 is 0. The second-order valence-electron chi connectivity index (χ2n) is 3.23. The first-order valence-electron chi connectivity index (χ1n) is 4.90. The number of nitrogens with two attached hydrogens (primary N) is 1. The van der Waals surface area contributed by atoms with Gasteiger partial charge in [-0.05, 0) is 24.6 Å². The minimum absolute atomic E-state index is 0.161. The molecule has 0 fully saturated rings. The molecular formula is C11H14N2O3S. The number of hydrogen-bond acceptors (Lipinski definition) is 3. The first-order chi connectivity index (χ1) is 8.01. The summed E-state index contributed by atoms with van der Waals surface area (Å²) in [7, 11) is -3.65. The monoisotopic (exact) mass is 254 g/mol. The Labute approximate surface area is 101 Å². The van der Waals surface area contributed by atoms with Gasteiger partial charge in [-0.25, -0.2) is 5.14 Å². The number of rotatable bonds is 5. The maximum Gasteiger partial charge on any atom is 0.274 e. The minimum Gasteiger partial charge on any atom is -0.481 e. The Morgan fingerprint density at radius 2 is 2.00 bits per heavy atom. The van der Waals surface area contributed by atoms with Crippen molar-refractivity contribution in [1.82, 2.24) is 4.72 Å². The Balaban J connectivity index is 2.52. The molecule has 0 aliphatic carbocycles. The van der Waals surface area contributed by atoms with Gasteiger partial charge in [0.25, 0.3) is 10.2 Å². The van der Waals surface area contributed by atoms with E-state index in [1.165, 1.54) is 0 Å². The van der Waals surface area contributed by atoms with Crippen LogP contribution in [0.3, 0.4) is 0 Å². The summed E-state index contributed by atoms with van der Waals surface area (Å²) in [4.78, 5) is 0. The number of nitrogens with one attached hydrogen (secondary N) is 1. The SMILES string of the molecule is CC#CCOc1ccc(CNS(N)(=O)=O)cc1. The van der Waals surface area contributed by atoms with Crippen molar-refractivity contribution in [1.29, 1.82) is 0 Å². The molecule has 0 unspecified atom stereocenters. The van der Waals surface area contributed by atoms with Crippen LogP contribution in [-0.2, 0) is 16.8 Å². The molecule has 3 N–H and O–H groups in total. The highest BCUT2D eigenvalue weighted by Gasteiger charge is 2.01. The van der Waals surface area contributed by atoms with Crippen molar-refractivity contribution < 1.29 is 13.2 Å². The lowest BCUT2D eigenvalue weighted by molar-refractivity contribution is 0.370. The van der Waals surface area contributed by atoms with Gasteiger partial charge >= 0.3 is 0 Å². The van der Waals surface area contributed by atoms with Crippen LogP contribution in [0.5, 0.6) is 5.75 Å². The molecule has 92 valence electrons. The summed E-state index contributed by atoms with van der Waals surface area (Å²) < 4.78 is 28.9. The van der Waals surface area contributed by atoms with Crippen LogP contribution in [0.1, 0.15) is 12.5 Å². The maximum absolute atomic E-state index is 10.7. The van der Waals surface area contributed by atoms with Gasteiger partial charge in [-0.1, -0.05) is 18.1 Å². The average Bonchev–Trinajstić information content (AvgIpc) is 2.27. The molecule has 6 heteroatoms. The van der Waals surface area contributed by atoms with E-state index in [1.807, 2.05) is 0 Å². The lowest BCUT2D eigenvalue weighted by Crippen LogP contribution is -2.30. The van der Waals surface area contributed by atoms with Gasteiger partial charge in [0.1, 0.15) is 12.4 Å². The van der Waals surface area contributed by atoms with Gasteiger partial charge in [0, 0.05) is 6.54 Å². The fraction of sp³-hybridized carbons (Fsp3) is 0.273. The van der Waals surface area contributed by atoms with Crippen LogP contribution in [0, 0.1) is 11.8 Å². The van der Waals surface area contributed by atoms with E-state index in [0.29, 0.717) is 12.4 Å². The standard InChI is InChI=1S/C11H14N2O3S/c1-2-3-8-16-11-6-4-10(5-7-11)9-13-17(12,14)15/h4-7,13H,8-9H2,1H3,(H2,12,14,15). The molecule has 0 amide bonds. The Kier molecular flexibility index (Phi) is 4.97. The molecule has 0 radical (unpaired) electrons. The summed E-state index contributed by atoms with van der Waals surface area (Å²) in [5.74, 6) is 6.18. The van der Waals surface area contributed by atoms with Gasteiger partial charge in [-0.2, -0.15) is 13.1 Å². The van der Waals surface area contributed by atoms with Gasteiger partial charge in [0.15, 0.2) is 0 Å². The average molecular weight is 254 g/mol. The minimum atomic E-state index is -3.65. The first kappa shape index (κ1) is 13.5. The summed E-state index contributed by atoms with van der Waals surface area (Å²) in [6.45, 7) is 2.24. The van der Waals surface area contributed by atoms with Crippen molar-refractivity contribution >= 4 is 10.2 Å². The van der Waals surface area contributed by atoms with E-state index in [9.17, 15) is 8.42 Å². The Morgan fingerprint density at radius 3 is 2.53 bits per heavy atom. The van der Waals surface area contributed by atoms with Crippen LogP contribution < -0.4 is 14.6 Å². The lowest BCUT2D eigenvalue weighted by atomic mass is 10.2. The van der Waals surface area contributed by atoms with Crippen LogP contribution in [0.4, 0.5) is 0 Å². The topological polar surface area (TPSA) is 81.4 Å². The molecule has 17 heavy (non-hydrogen) atoms. The number of hydrogen-bond donors (Lipinski definition) is 2. The molecule has 0 aliphatic rings. The van der Waals surface area contributed by atoms with Gasteiger partial charge in [-0.15, -0.1) is 5.92 Å². The zero-order chi connectivity index (χ0) is 12.7. The first-order valence-corrected chi connectivity index (χ1v) is 6.44. The molecule has 1 rings (SSSR count). The molecular weight excluding hydrogens is 240 g/mol. The Morgan fingerprint density at radius 1 is 1.35 bits per heavy atom. The maximum atomic E-state index is 10.7. The van der Waals surface area contributed by atoms with E-state index in [-0.39, 0.29) is 6.54 Å². The molecule has 5 nitrogen and oxygen atoms in total. The van der Waals surface area contributed by atoms with E-state index in [4.69, 9.17) is 9.88 Å². The quantitative estimate of drug-likeness (QED) is 0.745. The van der Waals surface area contributed by atoms with Gasteiger partial charge in [0.2, 0.25) is 0 Å². The fourth-order valence-electron chi connectivity index (χ4n) is 1.08. The second-order valence-corrected chi connectivity index (χ2v) is 4.60.